The van der Waals surface area contributed by atoms with E-state index in [1.807, 2.05) is 12.1 Å². The lowest BCUT2D eigenvalue weighted by Crippen LogP contribution is -2.16. The van der Waals surface area contributed by atoms with E-state index in [0.29, 0.717) is 10.0 Å². The van der Waals surface area contributed by atoms with Gasteiger partial charge in [-0.1, -0.05) is 29.8 Å². The molecule has 0 atom stereocenters. The normalized spacial score (nSPS) is 15.7. The summed E-state index contributed by atoms with van der Waals surface area (Å²) < 4.78 is 0. The zero-order chi connectivity index (χ0) is 10.8. The van der Waals surface area contributed by atoms with Crippen LogP contribution >= 0.6 is 23.2 Å². The van der Waals surface area contributed by atoms with E-state index in [9.17, 15) is 0 Å². The number of nitrogens with zero attached hydrogens (tertiary/aromatic N) is 1. The standard InChI is InChI=1S/C12H13Cl2N/c1-9(15-4-2-3-5-15)10-6-11(13)8-12(14)7-10/h6-8H,1-5H2. The number of halogens is 2. The summed E-state index contributed by atoms with van der Waals surface area (Å²) in [5.41, 5.74) is 2.05. The number of hydrogen-bond donors (Lipinski definition) is 0. The molecule has 0 radical (unpaired) electrons. The van der Waals surface area contributed by atoms with Crippen LogP contribution in [0.5, 0.6) is 0 Å². The van der Waals surface area contributed by atoms with E-state index in [2.05, 4.69) is 11.5 Å². The second-order valence-corrected chi connectivity index (χ2v) is 4.67. The molecular weight excluding hydrogens is 229 g/mol. The van der Waals surface area contributed by atoms with Gasteiger partial charge in [-0.2, -0.15) is 0 Å². The summed E-state index contributed by atoms with van der Waals surface area (Å²) in [6, 6.07) is 5.56. The molecule has 1 saturated heterocycles. The van der Waals surface area contributed by atoms with Crippen LogP contribution in [-0.2, 0) is 0 Å². The molecule has 1 aliphatic heterocycles. The van der Waals surface area contributed by atoms with Crippen LogP contribution in [0.15, 0.2) is 24.8 Å². The van der Waals surface area contributed by atoms with Crippen molar-refractivity contribution in [3.63, 3.8) is 0 Å². The molecule has 0 saturated carbocycles. The Bertz CT molecular complexity index is 361. The third kappa shape index (κ3) is 2.47. The van der Waals surface area contributed by atoms with Gasteiger partial charge in [0.25, 0.3) is 0 Å². The molecule has 1 nitrogen and oxygen atoms in total. The average molecular weight is 242 g/mol. The van der Waals surface area contributed by atoms with Gasteiger partial charge in [-0.25, -0.2) is 0 Å². The van der Waals surface area contributed by atoms with Crippen molar-refractivity contribution in [2.45, 2.75) is 12.8 Å². The zero-order valence-corrected chi connectivity index (χ0v) is 9.98. The monoisotopic (exact) mass is 241 g/mol. The number of benzene rings is 1. The molecule has 0 aliphatic carbocycles. The van der Waals surface area contributed by atoms with Crippen LogP contribution in [0, 0.1) is 0 Å². The fourth-order valence-corrected chi connectivity index (χ4v) is 2.42. The van der Waals surface area contributed by atoms with Gasteiger partial charge in [0.1, 0.15) is 0 Å². The highest BCUT2D eigenvalue weighted by Gasteiger charge is 2.14. The Hall–Kier alpha value is -0.660. The molecule has 1 aromatic carbocycles. The molecule has 1 fully saturated rings. The average Bonchev–Trinajstić information content (AvgIpc) is 2.67. The molecule has 0 aromatic heterocycles. The Morgan fingerprint density at radius 1 is 1.07 bits per heavy atom. The van der Waals surface area contributed by atoms with Crippen molar-refractivity contribution in [3.05, 3.63) is 40.4 Å². The highest BCUT2D eigenvalue weighted by molar-refractivity contribution is 6.34. The first-order chi connectivity index (χ1) is 7.16. The van der Waals surface area contributed by atoms with E-state index >= 15 is 0 Å². The van der Waals surface area contributed by atoms with Crippen LogP contribution in [0.1, 0.15) is 18.4 Å². The Kier molecular flexibility index (Phi) is 3.22. The third-order valence-electron chi connectivity index (χ3n) is 2.68. The second kappa shape index (κ2) is 4.46. The Labute approximate surface area is 100 Å². The van der Waals surface area contributed by atoms with Crippen LogP contribution in [0.3, 0.4) is 0 Å². The highest BCUT2D eigenvalue weighted by atomic mass is 35.5. The number of rotatable bonds is 2. The lowest BCUT2D eigenvalue weighted by atomic mass is 10.1. The van der Waals surface area contributed by atoms with Gasteiger partial charge >= 0.3 is 0 Å². The molecule has 0 spiro atoms. The molecule has 15 heavy (non-hydrogen) atoms. The maximum atomic E-state index is 5.96. The van der Waals surface area contributed by atoms with Crippen molar-refractivity contribution in [1.29, 1.82) is 0 Å². The van der Waals surface area contributed by atoms with Crippen LogP contribution in [0.25, 0.3) is 5.70 Å². The van der Waals surface area contributed by atoms with E-state index < -0.39 is 0 Å². The van der Waals surface area contributed by atoms with E-state index in [0.717, 1.165) is 24.4 Å². The summed E-state index contributed by atoms with van der Waals surface area (Å²) >= 11 is 11.9. The van der Waals surface area contributed by atoms with Crippen LogP contribution in [0.4, 0.5) is 0 Å². The first-order valence-electron chi connectivity index (χ1n) is 5.07. The van der Waals surface area contributed by atoms with Crippen molar-refractivity contribution in [3.8, 4) is 0 Å². The fraction of sp³-hybridized carbons (Fsp3) is 0.333. The minimum Gasteiger partial charge on any atom is -0.372 e. The van der Waals surface area contributed by atoms with E-state index in [-0.39, 0.29) is 0 Å². The molecule has 0 N–H and O–H groups in total. The third-order valence-corrected chi connectivity index (χ3v) is 3.12. The molecule has 0 unspecified atom stereocenters. The first kappa shape index (κ1) is 10.8. The van der Waals surface area contributed by atoms with E-state index in [4.69, 9.17) is 23.2 Å². The van der Waals surface area contributed by atoms with Crippen LogP contribution < -0.4 is 0 Å². The van der Waals surface area contributed by atoms with Gasteiger partial charge in [-0.05, 0) is 31.0 Å². The number of likely N-dealkylation sites (tertiary alicyclic amines) is 1. The molecule has 1 aromatic rings. The molecule has 1 heterocycles. The topological polar surface area (TPSA) is 3.24 Å². The fourth-order valence-electron chi connectivity index (χ4n) is 1.89. The summed E-state index contributed by atoms with van der Waals surface area (Å²) in [6.07, 6.45) is 2.49. The van der Waals surface area contributed by atoms with Gasteiger partial charge in [0.15, 0.2) is 0 Å². The Morgan fingerprint density at radius 3 is 2.13 bits per heavy atom. The minimum absolute atomic E-state index is 0.665. The Balaban J connectivity index is 2.24. The maximum Gasteiger partial charge on any atom is 0.0427 e. The quantitative estimate of drug-likeness (QED) is 0.755. The molecular formula is C12H13Cl2N. The Morgan fingerprint density at radius 2 is 1.60 bits per heavy atom. The van der Waals surface area contributed by atoms with E-state index in [1.165, 1.54) is 12.8 Å². The van der Waals surface area contributed by atoms with Gasteiger partial charge in [0.2, 0.25) is 0 Å². The van der Waals surface area contributed by atoms with Gasteiger partial charge in [-0.15, -0.1) is 0 Å². The minimum atomic E-state index is 0.665. The highest BCUT2D eigenvalue weighted by Crippen LogP contribution is 2.27. The molecule has 80 valence electrons. The van der Waals surface area contributed by atoms with Gasteiger partial charge < -0.3 is 4.90 Å². The first-order valence-corrected chi connectivity index (χ1v) is 5.83. The van der Waals surface area contributed by atoms with Crippen molar-refractivity contribution >= 4 is 28.9 Å². The molecule has 3 heteroatoms. The van der Waals surface area contributed by atoms with E-state index in [1.54, 1.807) is 6.07 Å². The van der Waals surface area contributed by atoms with Gasteiger partial charge in [0.05, 0.1) is 0 Å². The summed E-state index contributed by atoms with van der Waals surface area (Å²) in [4.78, 5) is 2.28. The maximum absolute atomic E-state index is 5.96. The van der Waals surface area contributed by atoms with Crippen molar-refractivity contribution in [1.82, 2.24) is 4.90 Å². The lowest BCUT2D eigenvalue weighted by molar-refractivity contribution is 0.494. The zero-order valence-electron chi connectivity index (χ0n) is 8.47. The number of hydrogen-bond acceptors (Lipinski definition) is 1. The summed E-state index contributed by atoms with van der Waals surface area (Å²) in [5, 5.41) is 1.33. The van der Waals surface area contributed by atoms with Crippen LogP contribution in [0.2, 0.25) is 10.0 Å². The summed E-state index contributed by atoms with van der Waals surface area (Å²) in [5.74, 6) is 0. The molecule has 2 rings (SSSR count). The second-order valence-electron chi connectivity index (χ2n) is 3.80. The molecule has 0 bridgehead atoms. The van der Waals surface area contributed by atoms with Crippen molar-refractivity contribution < 1.29 is 0 Å². The summed E-state index contributed by atoms with van der Waals surface area (Å²) in [7, 11) is 0. The summed E-state index contributed by atoms with van der Waals surface area (Å²) in [6.45, 7) is 6.27. The molecule has 0 amide bonds. The SMILES string of the molecule is C=C(c1cc(Cl)cc(Cl)c1)N1CCCC1. The van der Waals surface area contributed by atoms with Gasteiger partial charge in [-0.3, -0.25) is 0 Å². The smallest absolute Gasteiger partial charge is 0.0427 e. The predicted molar refractivity (Wildman–Crippen MR) is 66.3 cm³/mol. The van der Waals surface area contributed by atoms with Crippen molar-refractivity contribution in [2.24, 2.45) is 0 Å². The van der Waals surface area contributed by atoms with Crippen molar-refractivity contribution in [2.75, 3.05) is 13.1 Å². The van der Waals surface area contributed by atoms with Gasteiger partial charge in [0, 0.05) is 34.4 Å². The largest absolute Gasteiger partial charge is 0.372 e. The van der Waals surface area contributed by atoms with Crippen LogP contribution in [-0.4, -0.2) is 18.0 Å². The predicted octanol–water partition coefficient (Wildman–Crippen LogP) is 4.06. The molecule has 1 aliphatic rings. The lowest BCUT2D eigenvalue weighted by Gasteiger charge is -2.20.